The lowest BCUT2D eigenvalue weighted by Gasteiger charge is -2.15. The summed E-state index contributed by atoms with van der Waals surface area (Å²) in [5.74, 6) is -0.189. The van der Waals surface area contributed by atoms with Gasteiger partial charge in [0.05, 0.1) is 0 Å². The molecule has 13 heavy (non-hydrogen) atoms. The number of hydrogen-bond donors (Lipinski definition) is 1. The van der Waals surface area contributed by atoms with E-state index >= 15 is 0 Å². The number of rotatable bonds is 1. The number of aliphatic hydroxyl groups excluding tert-OH is 1. The van der Waals surface area contributed by atoms with Crippen molar-refractivity contribution in [2.45, 2.75) is 12.5 Å². The number of carbonyl (C=O) groups is 1. The Balaban J connectivity index is 2.24. The van der Waals surface area contributed by atoms with Crippen molar-refractivity contribution in [3.05, 3.63) is 30.3 Å². The largest absolute Gasteiger partial charge is 0.383 e. The molecule has 0 saturated carbocycles. The van der Waals surface area contributed by atoms with E-state index in [1.54, 1.807) is 4.90 Å². The lowest BCUT2D eigenvalue weighted by atomic mass is 10.3. The van der Waals surface area contributed by atoms with Gasteiger partial charge in [0.25, 0.3) is 5.91 Å². The summed E-state index contributed by atoms with van der Waals surface area (Å²) < 4.78 is 0. The maximum absolute atomic E-state index is 11.4. The van der Waals surface area contributed by atoms with Gasteiger partial charge in [-0.25, -0.2) is 0 Å². The molecule has 0 radical (unpaired) electrons. The molecule has 1 aliphatic heterocycles. The highest BCUT2D eigenvalue weighted by molar-refractivity contribution is 5.98. The highest BCUT2D eigenvalue weighted by Gasteiger charge is 2.30. The van der Waals surface area contributed by atoms with Crippen LogP contribution in [0.1, 0.15) is 6.42 Å². The molecule has 1 aromatic rings. The number of anilines is 1. The van der Waals surface area contributed by atoms with Gasteiger partial charge in [0.2, 0.25) is 0 Å². The Kier molecular flexibility index (Phi) is 2.02. The zero-order chi connectivity index (χ0) is 9.26. The second-order valence-electron chi connectivity index (χ2n) is 3.13. The molecule has 1 aromatic carbocycles. The lowest BCUT2D eigenvalue weighted by molar-refractivity contribution is -0.123. The van der Waals surface area contributed by atoms with Crippen molar-refractivity contribution in [1.82, 2.24) is 0 Å². The highest BCUT2D eigenvalue weighted by Crippen LogP contribution is 2.20. The zero-order valence-electron chi connectivity index (χ0n) is 7.18. The summed E-state index contributed by atoms with van der Waals surface area (Å²) in [7, 11) is 0. The smallest absolute Gasteiger partial charge is 0.255 e. The predicted molar refractivity (Wildman–Crippen MR) is 49.4 cm³/mol. The van der Waals surface area contributed by atoms with E-state index in [0.29, 0.717) is 13.0 Å². The minimum absolute atomic E-state index is 0.189. The van der Waals surface area contributed by atoms with Crippen LogP contribution in [0.4, 0.5) is 5.69 Å². The van der Waals surface area contributed by atoms with Crippen molar-refractivity contribution >= 4 is 11.6 Å². The molecule has 0 unspecified atom stereocenters. The molecule has 3 nitrogen and oxygen atoms in total. The SMILES string of the molecule is O=C1[C@@H](O)CCN1c1ccccc1. The fourth-order valence-electron chi connectivity index (χ4n) is 1.53. The molecule has 0 bridgehead atoms. The third-order valence-electron chi connectivity index (χ3n) is 2.25. The molecule has 3 heteroatoms. The molecule has 1 N–H and O–H groups in total. The fourth-order valence-corrected chi connectivity index (χ4v) is 1.53. The number of para-hydroxylation sites is 1. The van der Waals surface area contributed by atoms with Crippen LogP contribution >= 0.6 is 0 Å². The van der Waals surface area contributed by atoms with Gasteiger partial charge in [0.15, 0.2) is 0 Å². The fraction of sp³-hybridized carbons (Fsp3) is 0.300. The van der Waals surface area contributed by atoms with E-state index in [1.807, 2.05) is 30.3 Å². The minimum atomic E-state index is -0.805. The second-order valence-corrected chi connectivity index (χ2v) is 3.13. The van der Waals surface area contributed by atoms with Crippen LogP contribution in [-0.4, -0.2) is 23.7 Å². The van der Waals surface area contributed by atoms with Crippen molar-refractivity contribution in [3.8, 4) is 0 Å². The molecule has 1 saturated heterocycles. The molecule has 1 fully saturated rings. The van der Waals surface area contributed by atoms with Crippen molar-refractivity contribution in [2.75, 3.05) is 11.4 Å². The molecule has 0 spiro atoms. The number of carbonyl (C=O) groups excluding carboxylic acids is 1. The van der Waals surface area contributed by atoms with E-state index in [0.717, 1.165) is 5.69 Å². The standard InChI is InChI=1S/C10H11NO2/c12-9-6-7-11(10(9)13)8-4-2-1-3-5-8/h1-5,9,12H,6-7H2/t9-/m0/s1. The molecule has 68 valence electrons. The molecule has 0 aromatic heterocycles. The first-order valence-electron chi connectivity index (χ1n) is 4.33. The van der Waals surface area contributed by atoms with E-state index in [1.165, 1.54) is 0 Å². The zero-order valence-corrected chi connectivity index (χ0v) is 7.18. The van der Waals surface area contributed by atoms with Crippen molar-refractivity contribution < 1.29 is 9.90 Å². The summed E-state index contributed by atoms with van der Waals surface area (Å²) in [6.45, 7) is 0.615. The van der Waals surface area contributed by atoms with Gasteiger partial charge in [-0.05, 0) is 12.1 Å². The van der Waals surface area contributed by atoms with Crippen LogP contribution in [0.3, 0.4) is 0 Å². The van der Waals surface area contributed by atoms with Gasteiger partial charge < -0.3 is 10.0 Å². The van der Waals surface area contributed by atoms with Crippen LogP contribution in [0.25, 0.3) is 0 Å². The van der Waals surface area contributed by atoms with E-state index in [-0.39, 0.29) is 5.91 Å². The number of aliphatic hydroxyl groups is 1. The number of amides is 1. The molecule has 0 aliphatic carbocycles. The van der Waals surface area contributed by atoms with Gasteiger partial charge >= 0.3 is 0 Å². The Morgan fingerprint density at radius 3 is 2.54 bits per heavy atom. The van der Waals surface area contributed by atoms with Crippen molar-refractivity contribution in [2.24, 2.45) is 0 Å². The Hall–Kier alpha value is -1.35. The van der Waals surface area contributed by atoms with E-state index in [9.17, 15) is 9.90 Å². The first kappa shape index (κ1) is 8.26. The molecule has 1 atom stereocenters. The van der Waals surface area contributed by atoms with Gasteiger partial charge in [-0.2, -0.15) is 0 Å². The van der Waals surface area contributed by atoms with Gasteiger partial charge in [-0.15, -0.1) is 0 Å². The summed E-state index contributed by atoms with van der Waals surface area (Å²) >= 11 is 0. The van der Waals surface area contributed by atoms with Crippen molar-refractivity contribution in [1.29, 1.82) is 0 Å². The molecular formula is C10H11NO2. The van der Waals surface area contributed by atoms with E-state index in [4.69, 9.17) is 0 Å². The van der Waals surface area contributed by atoms with Gasteiger partial charge in [-0.3, -0.25) is 4.79 Å². The highest BCUT2D eigenvalue weighted by atomic mass is 16.3. The topological polar surface area (TPSA) is 40.5 Å². The molecule has 1 aliphatic rings. The predicted octanol–water partition coefficient (Wildman–Crippen LogP) is 0.784. The van der Waals surface area contributed by atoms with Gasteiger partial charge in [-0.1, -0.05) is 18.2 Å². The summed E-state index contributed by atoms with van der Waals surface area (Å²) in [6, 6.07) is 9.41. The first-order valence-corrected chi connectivity index (χ1v) is 4.33. The summed E-state index contributed by atoms with van der Waals surface area (Å²) in [4.78, 5) is 13.0. The summed E-state index contributed by atoms with van der Waals surface area (Å²) in [5.41, 5.74) is 0.865. The van der Waals surface area contributed by atoms with Crippen LogP contribution in [0, 0.1) is 0 Å². The van der Waals surface area contributed by atoms with E-state index in [2.05, 4.69) is 0 Å². The average molecular weight is 177 g/mol. The third-order valence-corrected chi connectivity index (χ3v) is 2.25. The Labute approximate surface area is 76.6 Å². The third kappa shape index (κ3) is 1.42. The molecule has 1 amide bonds. The maximum Gasteiger partial charge on any atom is 0.255 e. The quantitative estimate of drug-likeness (QED) is 0.688. The monoisotopic (exact) mass is 177 g/mol. The number of nitrogens with zero attached hydrogens (tertiary/aromatic N) is 1. The summed E-state index contributed by atoms with van der Waals surface area (Å²) in [5, 5.41) is 9.24. The Morgan fingerprint density at radius 1 is 1.31 bits per heavy atom. The average Bonchev–Trinajstić information content (AvgIpc) is 2.49. The van der Waals surface area contributed by atoms with Gasteiger partial charge in [0, 0.05) is 18.7 Å². The first-order chi connectivity index (χ1) is 6.29. The molecular weight excluding hydrogens is 166 g/mol. The van der Waals surface area contributed by atoms with Crippen LogP contribution in [0.15, 0.2) is 30.3 Å². The number of benzene rings is 1. The number of hydrogen-bond acceptors (Lipinski definition) is 2. The van der Waals surface area contributed by atoms with E-state index < -0.39 is 6.10 Å². The minimum Gasteiger partial charge on any atom is -0.383 e. The second kappa shape index (κ2) is 3.18. The van der Waals surface area contributed by atoms with Crippen LogP contribution in [-0.2, 0) is 4.79 Å². The van der Waals surface area contributed by atoms with Crippen molar-refractivity contribution in [3.63, 3.8) is 0 Å². The van der Waals surface area contributed by atoms with Crippen LogP contribution < -0.4 is 4.90 Å². The molecule has 2 rings (SSSR count). The Bertz CT molecular complexity index is 310. The van der Waals surface area contributed by atoms with Gasteiger partial charge in [0.1, 0.15) is 6.10 Å². The molecule has 1 heterocycles. The lowest BCUT2D eigenvalue weighted by Crippen LogP contribution is -2.28. The maximum atomic E-state index is 11.4. The normalized spacial score (nSPS) is 22.4. The summed E-state index contributed by atoms with van der Waals surface area (Å²) in [6.07, 6.45) is -0.270. The van der Waals surface area contributed by atoms with Crippen LogP contribution in [0.2, 0.25) is 0 Å². The Morgan fingerprint density at radius 2 is 2.00 bits per heavy atom. The van der Waals surface area contributed by atoms with Crippen LogP contribution in [0.5, 0.6) is 0 Å².